The lowest BCUT2D eigenvalue weighted by Gasteiger charge is -2.31. The molecular formula is C26H28FN3O3. The van der Waals surface area contributed by atoms with Gasteiger partial charge in [0, 0.05) is 36.8 Å². The first-order valence-corrected chi connectivity index (χ1v) is 11.7. The van der Waals surface area contributed by atoms with Crippen LogP contribution in [0.25, 0.3) is 11.0 Å². The first-order valence-electron chi connectivity index (χ1n) is 11.7. The molecule has 2 aromatic heterocycles. The van der Waals surface area contributed by atoms with Crippen molar-refractivity contribution in [3.63, 3.8) is 0 Å². The van der Waals surface area contributed by atoms with Gasteiger partial charge in [0.2, 0.25) is 5.91 Å². The Morgan fingerprint density at radius 2 is 1.85 bits per heavy atom. The number of fused-ring (bicyclic) bond motifs is 3. The zero-order valence-electron chi connectivity index (χ0n) is 18.5. The maximum Gasteiger partial charge on any atom is 0.306 e. The summed E-state index contributed by atoms with van der Waals surface area (Å²) in [6.07, 6.45) is 5.98. The van der Waals surface area contributed by atoms with Gasteiger partial charge in [-0.3, -0.25) is 9.59 Å². The van der Waals surface area contributed by atoms with Crippen LogP contribution in [0.3, 0.4) is 0 Å². The van der Waals surface area contributed by atoms with E-state index in [-0.39, 0.29) is 23.6 Å². The van der Waals surface area contributed by atoms with E-state index in [1.807, 2.05) is 11.0 Å². The zero-order valence-corrected chi connectivity index (χ0v) is 18.5. The van der Waals surface area contributed by atoms with E-state index in [0.29, 0.717) is 38.9 Å². The predicted molar refractivity (Wildman–Crippen MR) is 122 cm³/mol. The molecular weight excluding hydrogens is 421 g/mol. The molecule has 1 N–H and O–H groups in total. The molecule has 1 aliphatic heterocycles. The maximum absolute atomic E-state index is 13.4. The second-order valence-electron chi connectivity index (χ2n) is 9.34. The molecule has 1 amide bonds. The number of carboxylic acids is 1. The standard InChI is InChI=1S/C26H28FN3O3/c27-20-9-5-18(6-10-20)15-30-23-16-29(13-11-21(23)22-2-1-12-28-25(22)30)24(31)14-17-3-7-19(8-4-17)26(32)33/h1-2,5-6,9-10,12,17,19H,3-4,7-8,11,13-16H2,(H,32,33)/t17-,19+. The second kappa shape index (κ2) is 8.96. The third-order valence-electron chi connectivity index (χ3n) is 7.28. The summed E-state index contributed by atoms with van der Waals surface area (Å²) in [6, 6.07) is 10.5. The van der Waals surface area contributed by atoms with Crippen molar-refractivity contribution in [1.82, 2.24) is 14.5 Å². The van der Waals surface area contributed by atoms with Crippen LogP contribution in [0.1, 0.15) is 48.9 Å². The van der Waals surface area contributed by atoms with Gasteiger partial charge in [0.15, 0.2) is 0 Å². The fraction of sp³-hybridized carbons (Fsp3) is 0.423. The average molecular weight is 450 g/mol. The molecule has 3 aromatic rings. The quantitative estimate of drug-likeness (QED) is 0.627. The second-order valence-corrected chi connectivity index (χ2v) is 9.34. The van der Waals surface area contributed by atoms with E-state index < -0.39 is 5.97 Å². The largest absolute Gasteiger partial charge is 0.481 e. The first kappa shape index (κ1) is 21.6. The number of hydrogen-bond donors (Lipinski definition) is 1. The number of aromatic nitrogens is 2. The minimum atomic E-state index is -0.717. The molecule has 0 unspecified atom stereocenters. The highest BCUT2D eigenvalue weighted by Crippen LogP contribution is 2.34. The van der Waals surface area contributed by atoms with Crippen molar-refractivity contribution in [3.05, 3.63) is 65.2 Å². The van der Waals surface area contributed by atoms with Crippen LogP contribution in [0.4, 0.5) is 4.39 Å². The molecule has 7 heteroatoms. The molecule has 0 atom stereocenters. The number of nitrogens with zero attached hydrogens (tertiary/aromatic N) is 3. The molecule has 3 heterocycles. The summed E-state index contributed by atoms with van der Waals surface area (Å²) in [6.45, 7) is 1.79. The predicted octanol–water partition coefficient (Wildman–Crippen LogP) is 4.39. The van der Waals surface area contributed by atoms with Crippen molar-refractivity contribution in [3.8, 4) is 0 Å². The van der Waals surface area contributed by atoms with E-state index in [0.717, 1.165) is 41.6 Å². The monoisotopic (exact) mass is 449 g/mol. The van der Waals surface area contributed by atoms with Crippen molar-refractivity contribution in [2.45, 2.75) is 51.6 Å². The molecule has 0 spiro atoms. The molecule has 1 saturated carbocycles. The van der Waals surface area contributed by atoms with Gasteiger partial charge >= 0.3 is 5.97 Å². The Bertz CT molecular complexity index is 1180. The van der Waals surface area contributed by atoms with Gasteiger partial charge < -0.3 is 14.6 Å². The third-order valence-corrected chi connectivity index (χ3v) is 7.28. The molecule has 2 aliphatic rings. The van der Waals surface area contributed by atoms with Crippen LogP contribution in [-0.2, 0) is 29.1 Å². The number of carbonyl (C=O) groups excluding carboxylic acids is 1. The number of hydrogen-bond acceptors (Lipinski definition) is 3. The van der Waals surface area contributed by atoms with Gasteiger partial charge in [-0.2, -0.15) is 0 Å². The van der Waals surface area contributed by atoms with Crippen molar-refractivity contribution in [1.29, 1.82) is 0 Å². The minimum Gasteiger partial charge on any atom is -0.481 e. The molecule has 1 aliphatic carbocycles. The zero-order chi connectivity index (χ0) is 22.9. The summed E-state index contributed by atoms with van der Waals surface area (Å²) in [4.78, 5) is 30.9. The molecule has 0 bridgehead atoms. The van der Waals surface area contributed by atoms with Gasteiger partial charge in [-0.05, 0) is 73.4 Å². The number of aliphatic carboxylic acids is 1. The highest BCUT2D eigenvalue weighted by atomic mass is 19.1. The molecule has 0 saturated heterocycles. The molecule has 1 fully saturated rings. The Kier molecular flexibility index (Phi) is 5.87. The van der Waals surface area contributed by atoms with Crippen LogP contribution < -0.4 is 0 Å². The van der Waals surface area contributed by atoms with Crippen LogP contribution >= 0.6 is 0 Å². The number of carboxylic acid groups (broad SMARTS) is 1. The van der Waals surface area contributed by atoms with E-state index in [4.69, 9.17) is 0 Å². The average Bonchev–Trinajstić information content (AvgIpc) is 3.14. The fourth-order valence-electron chi connectivity index (χ4n) is 5.41. The van der Waals surface area contributed by atoms with E-state index in [2.05, 4.69) is 15.6 Å². The van der Waals surface area contributed by atoms with E-state index in [9.17, 15) is 19.1 Å². The van der Waals surface area contributed by atoms with Crippen molar-refractivity contribution in [2.24, 2.45) is 11.8 Å². The molecule has 5 rings (SSSR count). The van der Waals surface area contributed by atoms with Gasteiger partial charge in [0.05, 0.1) is 12.5 Å². The third kappa shape index (κ3) is 4.36. The molecule has 0 radical (unpaired) electrons. The number of halogens is 1. The summed E-state index contributed by atoms with van der Waals surface area (Å²) < 4.78 is 15.6. The Labute approximate surface area is 192 Å². The van der Waals surface area contributed by atoms with Gasteiger partial charge in [0.1, 0.15) is 11.5 Å². The number of amides is 1. The van der Waals surface area contributed by atoms with Crippen LogP contribution in [0.15, 0.2) is 42.6 Å². The van der Waals surface area contributed by atoms with Crippen LogP contribution in [0.5, 0.6) is 0 Å². The number of carbonyl (C=O) groups is 2. The summed E-state index contributed by atoms with van der Waals surface area (Å²) in [5, 5.41) is 10.3. The van der Waals surface area contributed by atoms with Gasteiger partial charge in [-0.25, -0.2) is 9.37 Å². The van der Waals surface area contributed by atoms with Gasteiger partial charge in [0.25, 0.3) is 0 Å². The maximum atomic E-state index is 13.4. The minimum absolute atomic E-state index is 0.144. The number of benzene rings is 1. The molecule has 1 aromatic carbocycles. The highest BCUT2D eigenvalue weighted by Gasteiger charge is 2.31. The van der Waals surface area contributed by atoms with Crippen LogP contribution in [0.2, 0.25) is 0 Å². The highest BCUT2D eigenvalue weighted by molar-refractivity contribution is 5.84. The van der Waals surface area contributed by atoms with Crippen molar-refractivity contribution >= 4 is 22.9 Å². The Morgan fingerprint density at radius 3 is 2.58 bits per heavy atom. The Morgan fingerprint density at radius 1 is 1.09 bits per heavy atom. The van der Waals surface area contributed by atoms with Gasteiger partial charge in [-0.1, -0.05) is 12.1 Å². The summed E-state index contributed by atoms with van der Waals surface area (Å²) in [5.41, 5.74) is 4.22. The Balaban J connectivity index is 1.35. The van der Waals surface area contributed by atoms with Crippen molar-refractivity contribution in [2.75, 3.05) is 6.54 Å². The lowest BCUT2D eigenvalue weighted by molar-refractivity contribution is -0.143. The van der Waals surface area contributed by atoms with Crippen LogP contribution in [0, 0.1) is 17.7 Å². The first-order chi connectivity index (χ1) is 16.0. The molecule has 6 nitrogen and oxygen atoms in total. The lowest BCUT2D eigenvalue weighted by Crippen LogP contribution is -2.38. The SMILES string of the molecule is O=C(C[C@H]1CC[C@@H](C(=O)O)CC1)N1CCc2c(n(Cc3ccc(F)cc3)c3ncccc23)C1. The normalized spacial score (nSPS) is 20.6. The number of rotatable bonds is 5. The summed E-state index contributed by atoms with van der Waals surface area (Å²) >= 11 is 0. The number of pyridine rings is 1. The van der Waals surface area contributed by atoms with Crippen LogP contribution in [-0.4, -0.2) is 38.0 Å². The van der Waals surface area contributed by atoms with E-state index >= 15 is 0 Å². The summed E-state index contributed by atoms with van der Waals surface area (Å²) in [7, 11) is 0. The van der Waals surface area contributed by atoms with E-state index in [1.165, 1.54) is 17.7 Å². The molecule has 172 valence electrons. The Hall–Kier alpha value is -3.22. The fourth-order valence-corrected chi connectivity index (χ4v) is 5.41. The molecule has 33 heavy (non-hydrogen) atoms. The lowest BCUT2D eigenvalue weighted by atomic mass is 9.80. The topological polar surface area (TPSA) is 75.4 Å². The smallest absolute Gasteiger partial charge is 0.306 e. The van der Waals surface area contributed by atoms with E-state index in [1.54, 1.807) is 18.3 Å². The van der Waals surface area contributed by atoms with Crippen molar-refractivity contribution < 1.29 is 19.1 Å². The van der Waals surface area contributed by atoms with Gasteiger partial charge in [-0.15, -0.1) is 0 Å². The summed E-state index contributed by atoms with van der Waals surface area (Å²) in [5.74, 6) is -0.827.